The van der Waals surface area contributed by atoms with Crippen LogP contribution in [0.2, 0.25) is 0 Å². The summed E-state index contributed by atoms with van der Waals surface area (Å²) in [6.07, 6.45) is 2.06. The molecule has 1 heterocycles. The minimum Gasteiger partial charge on any atom is -0.399 e. The highest BCUT2D eigenvalue weighted by Gasteiger charge is 2.06. The second kappa shape index (κ2) is 6.62. The van der Waals surface area contributed by atoms with E-state index in [0.717, 1.165) is 43.0 Å². The minimum absolute atomic E-state index is 0.811. The molecular formula is C18H22N4. The number of hydrogen-bond donors (Lipinski definition) is 2. The zero-order chi connectivity index (χ0) is 15.4. The summed E-state index contributed by atoms with van der Waals surface area (Å²) in [5.41, 5.74) is 10.0. The quantitative estimate of drug-likeness (QED) is 0.543. The van der Waals surface area contributed by atoms with Gasteiger partial charge in [0.15, 0.2) is 0 Å². The highest BCUT2D eigenvalue weighted by molar-refractivity contribution is 5.75. The summed E-state index contributed by atoms with van der Waals surface area (Å²) in [5, 5.41) is 3.47. The second-order valence-corrected chi connectivity index (χ2v) is 5.60. The van der Waals surface area contributed by atoms with Gasteiger partial charge in [-0.3, -0.25) is 0 Å². The van der Waals surface area contributed by atoms with E-state index in [9.17, 15) is 0 Å². The number of aryl methyl sites for hydroxylation is 2. The maximum Gasteiger partial charge on any atom is 0.109 e. The van der Waals surface area contributed by atoms with Gasteiger partial charge in [0.05, 0.1) is 11.0 Å². The molecule has 0 aliphatic heterocycles. The van der Waals surface area contributed by atoms with Crippen LogP contribution in [0.5, 0.6) is 0 Å². The number of benzene rings is 2. The summed E-state index contributed by atoms with van der Waals surface area (Å²) < 4.78 is 2.19. The summed E-state index contributed by atoms with van der Waals surface area (Å²) >= 11 is 0. The van der Waals surface area contributed by atoms with Crippen LogP contribution in [0, 0.1) is 0 Å². The van der Waals surface area contributed by atoms with Crippen LogP contribution < -0.4 is 11.1 Å². The summed E-state index contributed by atoms with van der Waals surface area (Å²) in [6, 6.07) is 16.3. The lowest BCUT2D eigenvalue weighted by atomic mass is 10.2. The highest BCUT2D eigenvalue weighted by Crippen LogP contribution is 2.15. The Kier molecular flexibility index (Phi) is 4.39. The molecule has 4 nitrogen and oxygen atoms in total. The van der Waals surface area contributed by atoms with Crippen molar-refractivity contribution in [1.82, 2.24) is 14.9 Å². The number of nitrogen functional groups attached to an aromatic ring is 1. The van der Waals surface area contributed by atoms with E-state index in [1.807, 2.05) is 18.2 Å². The molecule has 0 saturated carbocycles. The number of hydrogen-bond acceptors (Lipinski definition) is 3. The molecule has 1 aromatic heterocycles. The first-order chi connectivity index (χ1) is 10.7. The Balaban J connectivity index is 1.48. The molecule has 0 radical (unpaired) electrons. The number of fused-ring (bicyclic) bond motifs is 1. The lowest BCUT2D eigenvalue weighted by molar-refractivity contribution is 0.631. The van der Waals surface area contributed by atoms with E-state index >= 15 is 0 Å². The van der Waals surface area contributed by atoms with Crippen molar-refractivity contribution in [3.63, 3.8) is 0 Å². The lowest BCUT2D eigenvalue weighted by Crippen LogP contribution is -2.16. The largest absolute Gasteiger partial charge is 0.399 e. The molecule has 114 valence electrons. The first-order valence-electron chi connectivity index (χ1n) is 7.69. The van der Waals surface area contributed by atoms with Crippen molar-refractivity contribution in [1.29, 1.82) is 0 Å². The van der Waals surface area contributed by atoms with Crippen LogP contribution >= 0.6 is 0 Å². The van der Waals surface area contributed by atoms with Gasteiger partial charge in [0.1, 0.15) is 5.82 Å². The van der Waals surface area contributed by atoms with Crippen molar-refractivity contribution in [3.05, 3.63) is 59.9 Å². The molecule has 4 heteroatoms. The Morgan fingerprint density at radius 3 is 2.64 bits per heavy atom. The molecule has 22 heavy (non-hydrogen) atoms. The average Bonchev–Trinajstić information content (AvgIpc) is 2.86. The van der Waals surface area contributed by atoms with Gasteiger partial charge in [0.25, 0.3) is 0 Å². The van der Waals surface area contributed by atoms with Crippen LogP contribution in [0.15, 0.2) is 48.5 Å². The van der Waals surface area contributed by atoms with Gasteiger partial charge in [0.2, 0.25) is 0 Å². The highest BCUT2D eigenvalue weighted by atomic mass is 15.1. The molecule has 0 aliphatic carbocycles. The fourth-order valence-electron chi connectivity index (χ4n) is 2.66. The predicted molar refractivity (Wildman–Crippen MR) is 91.6 cm³/mol. The fraction of sp³-hybridized carbons (Fsp3) is 0.278. The molecule has 0 aliphatic rings. The van der Waals surface area contributed by atoms with Gasteiger partial charge in [-0.05, 0) is 42.8 Å². The zero-order valence-electron chi connectivity index (χ0n) is 12.9. The van der Waals surface area contributed by atoms with Crippen LogP contribution in [0.1, 0.15) is 17.8 Å². The number of rotatable bonds is 6. The third kappa shape index (κ3) is 3.28. The molecule has 0 saturated heterocycles. The van der Waals surface area contributed by atoms with Gasteiger partial charge in [-0.15, -0.1) is 0 Å². The van der Waals surface area contributed by atoms with Crippen LogP contribution in [-0.4, -0.2) is 16.1 Å². The molecule has 0 unspecified atom stereocenters. The van der Waals surface area contributed by atoms with Crippen molar-refractivity contribution in [2.24, 2.45) is 7.05 Å². The van der Waals surface area contributed by atoms with E-state index in [-0.39, 0.29) is 0 Å². The van der Waals surface area contributed by atoms with E-state index in [0.29, 0.717) is 0 Å². The number of imidazole rings is 1. The third-order valence-electron chi connectivity index (χ3n) is 3.94. The van der Waals surface area contributed by atoms with E-state index in [1.165, 1.54) is 11.1 Å². The van der Waals surface area contributed by atoms with Gasteiger partial charge in [-0.25, -0.2) is 4.98 Å². The molecule has 3 rings (SSSR count). The van der Waals surface area contributed by atoms with Gasteiger partial charge in [0, 0.05) is 25.7 Å². The van der Waals surface area contributed by atoms with Crippen molar-refractivity contribution in [2.75, 3.05) is 12.3 Å². The van der Waals surface area contributed by atoms with Gasteiger partial charge < -0.3 is 15.6 Å². The Hall–Kier alpha value is -2.33. The number of anilines is 1. The zero-order valence-corrected chi connectivity index (χ0v) is 12.9. The average molecular weight is 294 g/mol. The van der Waals surface area contributed by atoms with Gasteiger partial charge >= 0.3 is 0 Å². The molecule has 0 atom stereocenters. The Morgan fingerprint density at radius 2 is 1.86 bits per heavy atom. The molecule has 3 aromatic rings. The number of nitrogens with zero attached hydrogens (tertiary/aromatic N) is 2. The fourth-order valence-corrected chi connectivity index (χ4v) is 2.66. The summed E-state index contributed by atoms with van der Waals surface area (Å²) in [5.74, 6) is 1.15. The number of nitrogens with two attached hydrogens (primary N) is 1. The van der Waals surface area contributed by atoms with Crippen LogP contribution in [0.25, 0.3) is 11.0 Å². The Bertz CT molecular complexity index is 743. The molecule has 3 N–H and O–H groups in total. The molecule has 0 fully saturated rings. The number of aromatic nitrogens is 2. The molecule has 0 amide bonds. The van der Waals surface area contributed by atoms with Crippen molar-refractivity contribution < 1.29 is 0 Å². The predicted octanol–water partition coefficient (Wildman–Crippen LogP) is 2.88. The van der Waals surface area contributed by atoms with Crippen molar-refractivity contribution in [2.45, 2.75) is 19.4 Å². The maximum atomic E-state index is 5.68. The van der Waals surface area contributed by atoms with Crippen molar-refractivity contribution >= 4 is 16.7 Å². The van der Waals surface area contributed by atoms with E-state index < -0.39 is 0 Å². The standard InChI is InChI=1S/C18H22N4/c1-22-17-6-3-2-5-16(17)21-18(22)7-4-12-20-13-14-8-10-15(19)11-9-14/h2-3,5-6,8-11,20H,4,7,12-13,19H2,1H3. The van der Waals surface area contributed by atoms with Crippen molar-refractivity contribution in [3.8, 4) is 0 Å². The topological polar surface area (TPSA) is 55.9 Å². The normalized spacial score (nSPS) is 11.1. The van der Waals surface area contributed by atoms with E-state index in [1.54, 1.807) is 0 Å². The van der Waals surface area contributed by atoms with Crippen LogP contribution in [0.4, 0.5) is 5.69 Å². The first-order valence-corrected chi connectivity index (χ1v) is 7.69. The Morgan fingerprint density at radius 1 is 1.09 bits per heavy atom. The monoisotopic (exact) mass is 294 g/mol. The van der Waals surface area contributed by atoms with E-state index in [4.69, 9.17) is 10.7 Å². The smallest absolute Gasteiger partial charge is 0.109 e. The van der Waals surface area contributed by atoms with E-state index in [2.05, 4.69) is 47.3 Å². The second-order valence-electron chi connectivity index (χ2n) is 5.60. The lowest BCUT2D eigenvalue weighted by Gasteiger charge is -2.06. The SMILES string of the molecule is Cn1c(CCCNCc2ccc(N)cc2)nc2ccccc21. The number of para-hydroxylation sites is 2. The first kappa shape index (κ1) is 14.6. The summed E-state index contributed by atoms with van der Waals surface area (Å²) in [6.45, 7) is 1.86. The molecule has 2 aromatic carbocycles. The maximum absolute atomic E-state index is 5.68. The Labute approximate surface area is 131 Å². The minimum atomic E-state index is 0.811. The molecular weight excluding hydrogens is 272 g/mol. The molecule has 0 bridgehead atoms. The van der Waals surface area contributed by atoms with Crippen LogP contribution in [0.3, 0.4) is 0 Å². The summed E-state index contributed by atoms with van der Waals surface area (Å²) in [7, 11) is 2.09. The van der Waals surface area contributed by atoms with Gasteiger partial charge in [-0.2, -0.15) is 0 Å². The van der Waals surface area contributed by atoms with Crippen LogP contribution in [-0.2, 0) is 20.0 Å². The third-order valence-corrected chi connectivity index (χ3v) is 3.94. The number of nitrogens with one attached hydrogen (secondary N) is 1. The summed E-state index contributed by atoms with van der Waals surface area (Å²) in [4.78, 5) is 4.70. The van der Waals surface area contributed by atoms with Gasteiger partial charge in [-0.1, -0.05) is 24.3 Å². The molecule has 0 spiro atoms.